The summed E-state index contributed by atoms with van der Waals surface area (Å²) in [5.74, 6) is 0. The minimum absolute atomic E-state index is 0.101. The van der Waals surface area contributed by atoms with Crippen molar-refractivity contribution >= 4 is 46.8 Å². The molecule has 1 aromatic heterocycles. The van der Waals surface area contributed by atoms with Crippen LogP contribution in [0.3, 0.4) is 0 Å². The Morgan fingerprint density at radius 2 is 2.11 bits per heavy atom. The molecule has 2 aromatic rings. The first-order chi connectivity index (χ1) is 9.13. The Balaban J connectivity index is 2.33. The Bertz CT molecular complexity index is 629. The Morgan fingerprint density at radius 3 is 2.68 bits per heavy atom. The highest BCUT2D eigenvalue weighted by Gasteiger charge is 2.17. The van der Waals surface area contributed by atoms with Gasteiger partial charge in [0.25, 0.3) is 5.69 Å². The number of aromatic nitrogens is 2. The number of aldehydes is 1. The van der Waals surface area contributed by atoms with Gasteiger partial charge in [-0.05, 0) is 12.3 Å². The van der Waals surface area contributed by atoms with Crippen LogP contribution in [0.1, 0.15) is 10.4 Å². The van der Waals surface area contributed by atoms with Crippen LogP contribution < -0.4 is 0 Å². The molecular weight excluding hydrogens is 306 g/mol. The number of carbonyl (C=O) groups is 1. The van der Waals surface area contributed by atoms with Gasteiger partial charge in [0, 0.05) is 11.6 Å². The number of nitro groups is 1. The van der Waals surface area contributed by atoms with Gasteiger partial charge >= 0.3 is 0 Å². The van der Waals surface area contributed by atoms with Gasteiger partial charge in [-0.15, -0.1) is 10.2 Å². The number of carbonyl (C=O) groups excluding carboxylic acids is 1. The minimum atomic E-state index is -0.508. The van der Waals surface area contributed by atoms with Crippen LogP contribution in [0.5, 0.6) is 0 Å². The molecule has 0 amide bonds. The number of benzene rings is 1. The molecule has 98 valence electrons. The fraction of sp³-hybridized carbons (Fsp3) is 0.100. The summed E-state index contributed by atoms with van der Waals surface area (Å²) in [5.41, 5.74) is 0.175. The Labute approximate surface area is 120 Å². The second-order valence-electron chi connectivity index (χ2n) is 3.24. The van der Waals surface area contributed by atoms with Crippen LogP contribution in [0.15, 0.2) is 31.8 Å². The molecule has 0 saturated heterocycles. The van der Waals surface area contributed by atoms with Gasteiger partial charge in [-0.25, -0.2) is 0 Å². The summed E-state index contributed by atoms with van der Waals surface area (Å²) in [6, 6.07) is 4.34. The Kier molecular flexibility index (Phi) is 4.51. The van der Waals surface area contributed by atoms with E-state index in [4.69, 9.17) is 0 Å². The second-order valence-corrected chi connectivity index (χ2v) is 6.56. The zero-order valence-corrected chi connectivity index (χ0v) is 12.1. The fourth-order valence-electron chi connectivity index (χ4n) is 1.25. The molecule has 1 heterocycles. The topological polar surface area (TPSA) is 86.0 Å². The second kappa shape index (κ2) is 6.13. The largest absolute Gasteiger partial charge is 0.298 e. The van der Waals surface area contributed by atoms with E-state index in [0.29, 0.717) is 15.5 Å². The van der Waals surface area contributed by atoms with Crippen LogP contribution in [-0.4, -0.2) is 27.7 Å². The first kappa shape index (κ1) is 14.0. The van der Waals surface area contributed by atoms with Crippen molar-refractivity contribution in [1.82, 2.24) is 10.2 Å². The maximum Gasteiger partial charge on any atom is 0.284 e. The average molecular weight is 313 g/mol. The van der Waals surface area contributed by atoms with Crippen molar-refractivity contribution < 1.29 is 9.72 Å². The van der Waals surface area contributed by atoms with Gasteiger partial charge in [0.05, 0.1) is 9.82 Å². The summed E-state index contributed by atoms with van der Waals surface area (Å²) < 4.78 is 1.43. The number of nitrogens with zero attached hydrogens (tertiary/aromatic N) is 3. The van der Waals surface area contributed by atoms with Crippen LogP contribution in [0, 0.1) is 10.1 Å². The van der Waals surface area contributed by atoms with Gasteiger partial charge in [-0.3, -0.25) is 14.9 Å². The number of nitro benzene ring substituents is 1. The highest BCUT2D eigenvalue weighted by atomic mass is 32.2. The molecule has 19 heavy (non-hydrogen) atoms. The molecule has 9 heteroatoms. The molecule has 0 radical (unpaired) electrons. The van der Waals surface area contributed by atoms with Crippen molar-refractivity contribution in [2.24, 2.45) is 0 Å². The van der Waals surface area contributed by atoms with E-state index in [1.807, 2.05) is 6.26 Å². The quantitative estimate of drug-likeness (QED) is 0.363. The van der Waals surface area contributed by atoms with Crippen molar-refractivity contribution in [2.75, 3.05) is 6.26 Å². The SMILES string of the molecule is CSc1nnc(Sc2ccc(C=O)cc2[N+](=O)[O-])s1. The van der Waals surface area contributed by atoms with E-state index in [1.54, 1.807) is 12.1 Å². The molecule has 0 aliphatic heterocycles. The molecular formula is C10H7N3O3S3. The summed E-state index contributed by atoms with van der Waals surface area (Å²) in [6.07, 6.45) is 2.47. The van der Waals surface area contributed by atoms with Crippen molar-refractivity contribution in [3.8, 4) is 0 Å². The summed E-state index contributed by atoms with van der Waals surface area (Å²) >= 11 is 4.01. The fourth-order valence-corrected chi connectivity index (χ4v) is 3.73. The molecule has 1 aromatic carbocycles. The monoisotopic (exact) mass is 313 g/mol. The van der Waals surface area contributed by atoms with E-state index in [0.717, 1.165) is 4.34 Å². The normalized spacial score (nSPS) is 10.4. The van der Waals surface area contributed by atoms with Crippen molar-refractivity contribution in [3.63, 3.8) is 0 Å². The predicted molar refractivity (Wildman–Crippen MR) is 74.3 cm³/mol. The van der Waals surface area contributed by atoms with E-state index in [1.165, 1.54) is 40.9 Å². The van der Waals surface area contributed by atoms with E-state index in [2.05, 4.69) is 10.2 Å². The molecule has 0 unspecified atom stereocenters. The van der Waals surface area contributed by atoms with Gasteiger partial charge < -0.3 is 0 Å². The third-order valence-electron chi connectivity index (χ3n) is 2.08. The molecule has 2 rings (SSSR count). The van der Waals surface area contributed by atoms with Gasteiger partial charge in [0.1, 0.15) is 6.29 Å². The van der Waals surface area contributed by atoms with E-state index < -0.39 is 4.92 Å². The predicted octanol–water partition coefficient (Wildman–Crippen LogP) is 3.13. The van der Waals surface area contributed by atoms with E-state index >= 15 is 0 Å². The summed E-state index contributed by atoms with van der Waals surface area (Å²) in [7, 11) is 0. The molecule has 0 aliphatic carbocycles. The first-order valence-corrected chi connectivity index (χ1v) is 7.78. The third kappa shape index (κ3) is 3.31. The standard InChI is InChI=1S/C10H7N3O3S3/c1-17-9-11-12-10(19-9)18-8-3-2-6(5-14)4-7(8)13(15)16/h2-5H,1H3. The number of rotatable bonds is 5. The molecule has 0 saturated carbocycles. The average Bonchev–Trinajstić information content (AvgIpc) is 2.86. The number of hydrogen-bond acceptors (Lipinski definition) is 8. The van der Waals surface area contributed by atoms with Gasteiger partial charge in [-0.2, -0.15) is 0 Å². The lowest BCUT2D eigenvalue weighted by molar-refractivity contribution is -0.387. The van der Waals surface area contributed by atoms with Gasteiger partial charge in [0.15, 0.2) is 8.68 Å². The lowest BCUT2D eigenvalue weighted by Crippen LogP contribution is -1.92. The van der Waals surface area contributed by atoms with E-state index in [-0.39, 0.29) is 11.3 Å². The summed E-state index contributed by atoms with van der Waals surface area (Å²) in [6.45, 7) is 0. The van der Waals surface area contributed by atoms with Crippen molar-refractivity contribution in [1.29, 1.82) is 0 Å². The zero-order chi connectivity index (χ0) is 13.8. The molecule has 0 fully saturated rings. The molecule has 0 bridgehead atoms. The van der Waals surface area contributed by atoms with Crippen LogP contribution in [0.25, 0.3) is 0 Å². The summed E-state index contributed by atoms with van der Waals surface area (Å²) in [4.78, 5) is 21.6. The Hall–Kier alpha value is -1.45. The lowest BCUT2D eigenvalue weighted by atomic mass is 10.2. The van der Waals surface area contributed by atoms with Crippen LogP contribution in [0.2, 0.25) is 0 Å². The molecule has 0 aliphatic rings. The highest BCUT2D eigenvalue weighted by molar-refractivity contribution is 8.03. The summed E-state index contributed by atoms with van der Waals surface area (Å²) in [5, 5.41) is 18.8. The smallest absolute Gasteiger partial charge is 0.284 e. The van der Waals surface area contributed by atoms with Gasteiger partial charge in [0.2, 0.25) is 0 Å². The van der Waals surface area contributed by atoms with E-state index in [9.17, 15) is 14.9 Å². The number of thioether (sulfide) groups is 1. The zero-order valence-electron chi connectivity index (χ0n) is 9.60. The molecule has 0 atom stereocenters. The van der Waals surface area contributed by atoms with Crippen LogP contribution in [-0.2, 0) is 0 Å². The first-order valence-electron chi connectivity index (χ1n) is 4.93. The molecule has 0 spiro atoms. The van der Waals surface area contributed by atoms with Gasteiger partial charge in [-0.1, -0.05) is 40.9 Å². The molecule has 0 N–H and O–H groups in total. The van der Waals surface area contributed by atoms with Crippen molar-refractivity contribution in [2.45, 2.75) is 13.6 Å². The Morgan fingerprint density at radius 1 is 1.37 bits per heavy atom. The lowest BCUT2D eigenvalue weighted by Gasteiger charge is -2.00. The maximum atomic E-state index is 11.0. The number of hydrogen-bond donors (Lipinski definition) is 0. The van der Waals surface area contributed by atoms with Crippen LogP contribution in [0.4, 0.5) is 5.69 Å². The van der Waals surface area contributed by atoms with Crippen LogP contribution >= 0.6 is 34.9 Å². The maximum absolute atomic E-state index is 11.0. The molecule has 6 nitrogen and oxygen atoms in total. The van der Waals surface area contributed by atoms with Crippen molar-refractivity contribution in [3.05, 3.63) is 33.9 Å². The highest BCUT2D eigenvalue weighted by Crippen LogP contribution is 2.37. The third-order valence-corrected chi connectivity index (χ3v) is 5.09. The minimum Gasteiger partial charge on any atom is -0.298 e.